The van der Waals surface area contributed by atoms with Crippen molar-refractivity contribution >= 4 is 6.03 Å². The zero-order valence-electron chi connectivity index (χ0n) is 11.2. The molecule has 0 radical (unpaired) electrons. The van der Waals surface area contributed by atoms with Crippen molar-refractivity contribution in [2.75, 3.05) is 13.1 Å². The molecule has 1 aliphatic rings. The maximum Gasteiger partial charge on any atom is 0.315 e. The van der Waals surface area contributed by atoms with Gasteiger partial charge in [0, 0.05) is 13.1 Å². The highest BCUT2D eigenvalue weighted by Gasteiger charge is 2.40. The van der Waals surface area contributed by atoms with E-state index >= 15 is 0 Å². The highest BCUT2D eigenvalue weighted by atomic mass is 16.2. The van der Waals surface area contributed by atoms with E-state index in [4.69, 9.17) is 11.5 Å². The average Bonchev–Trinajstić information content (AvgIpc) is 2.35. The third kappa shape index (κ3) is 3.12. The van der Waals surface area contributed by atoms with Crippen LogP contribution in [0.15, 0.2) is 0 Å². The van der Waals surface area contributed by atoms with Crippen molar-refractivity contribution in [2.45, 2.75) is 57.9 Å². The zero-order chi connectivity index (χ0) is 12.9. The minimum Gasteiger partial charge on any atom is -0.351 e. The largest absolute Gasteiger partial charge is 0.351 e. The van der Waals surface area contributed by atoms with Gasteiger partial charge in [-0.3, -0.25) is 0 Å². The molecule has 0 aromatic heterocycles. The summed E-state index contributed by atoms with van der Waals surface area (Å²) < 4.78 is 0. The quantitative estimate of drug-likeness (QED) is 0.773. The number of rotatable bonds is 5. The van der Waals surface area contributed by atoms with Crippen LogP contribution >= 0.6 is 0 Å². The predicted octanol–water partition coefficient (Wildman–Crippen LogP) is 2.07. The lowest BCUT2D eigenvalue weighted by Crippen LogP contribution is -2.59. The number of hydrogen-bond donors (Lipinski definition) is 2. The van der Waals surface area contributed by atoms with Crippen molar-refractivity contribution in [1.82, 2.24) is 4.90 Å². The van der Waals surface area contributed by atoms with Gasteiger partial charge in [-0.2, -0.15) is 0 Å². The fourth-order valence-corrected chi connectivity index (χ4v) is 3.01. The number of hydrogen-bond acceptors (Lipinski definition) is 2. The van der Waals surface area contributed by atoms with E-state index in [2.05, 4.69) is 13.8 Å². The fraction of sp³-hybridized carbons (Fsp3) is 0.923. The van der Waals surface area contributed by atoms with Crippen molar-refractivity contribution in [2.24, 2.45) is 17.4 Å². The van der Waals surface area contributed by atoms with Crippen LogP contribution in [0.4, 0.5) is 4.79 Å². The summed E-state index contributed by atoms with van der Waals surface area (Å²) >= 11 is 0. The van der Waals surface area contributed by atoms with E-state index in [1.807, 2.05) is 4.90 Å². The van der Waals surface area contributed by atoms with Gasteiger partial charge in [-0.05, 0) is 38.0 Å². The van der Waals surface area contributed by atoms with E-state index in [1.54, 1.807) is 0 Å². The Hall–Kier alpha value is -0.770. The smallest absolute Gasteiger partial charge is 0.315 e. The molecule has 4 nitrogen and oxygen atoms in total. The Kier molecular flexibility index (Phi) is 5.25. The number of urea groups is 1. The molecule has 0 atom stereocenters. The van der Waals surface area contributed by atoms with Crippen LogP contribution in [0.2, 0.25) is 0 Å². The van der Waals surface area contributed by atoms with E-state index in [9.17, 15) is 4.79 Å². The summed E-state index contributed by atoms with van der Waals surface area (Å²) in [4.78, 5) is 13.4. The maximum absolute atomic E-state index is 11.6. The van der Waals surface area contributed by atoms with Gasteiger partial charge >= 0.3 is 6.03 Å². The molecule has 0 bridgehead atoms. The van der Waals surface area contributed by atoms with Crippen molar-refractivity contribution in [1.29, 1.82) is 0 Å². The maximum atomic E-state index is 11.6. The summed E-state index contributed by atoms with van der Waals surface area (Å²) in [6, 6.07) is -0.313. The molecule has 4 heteroatoms. The average molecular weight is 241 g/mol. The first kappa shape index (κ1) is 14.3. The minimum absolute atomic E-state index is 0.173. The van der Waals surface area contributed by atoms with Crippen molar-refractivity contribution in [3.05, 3.63) is 0 Å². The molecule has 0 aromatic carbocycles. The number of nitrogens with two attached hydrogens (primary N) is 2. The topological polar surface area (TPSA) is 72.3 Å². The summed E-state index contributed by atoms with van der Waals surface area (Å²) in [6.07, 6.45) is 6.51. The normalized spacial score (nSPS) is 29.0. The van der Waals surface area contributed by atoms with E-state index in [-0.39, 0.29) is 11.6 Å². The summed E-state index contributed by atoms with van der Waals surface area (Å²) in [5.74, 6) is 0.797. The molecular formula is C13H27N3O. The monoisotopic (exact) mass is 241 g/mol. The Morgan fingerprint density at radius 2 is 1.94 bits per heavy atom. The van der Waals surface area contributed by atoms with E-state index in [0.29, 0.717) is 6.54 Å². The van der Waals surface area contributed by atoms with Crippen molar-refractivity contribution in [3.63, 3.8) is 0 Å². The van der Waals surface area contributed by atoms with Gasteiger partial charge in [-0.25, -0.2) is 4.79 Å². The number of carbonyl (C=O) groups excluding carboxylic acids is 1. The Labute approximate surface area is 105 Å². The molecule has 0 unspecified atom stereocenters. The molecule has 0 heterocycles. The highest BCUT2D eigenvalue weighted by Crippen LogP contribution is 2.37. The lowest BCUT2D eigenvalue weighted by Gasteiger charge is -2.46. The predicted molar refractivity (Wildman–Crippen MR) is 70.6 cm³/mol. The van der Waals surface area contributed by atoms with Gasteiger partial charge in [0.05, 0.1) is 5.54 Å². The van der Waals surface area contributed by atoms with E-state index in [1.165, 1.54) is 19.3 Å². The van der Waals surface area contributed by atoms with Crippen LogP contribution in [0.1, 0.15) is 52.4 Å². The van der Waals surface area contributed by atoms with E-state index < -0.39 is 0 Å². The molecule has 100 valence electrons. The van der Waals surface area contributed by atoms with Crippen molar-refractivity contribution in [3.8, 4) is 0 Å². The summed E-state index contributed by atoms with van der Waals surface area (Å²) in [5, 5.41) is 0. The first-order valence-electron chi connectivity index (χ1n) is 6.86. The second-order valence-corrected chi connectivity index (χ2v) is 5.27. The molecule has 0 aromatic rings. The zero-order valence-corrected chi connectivity index (χ0v) is 11.2. The molecule has 1 aliphatic carbocycles. The molecule has 0 aliphatic heterocycles. The molecule has 0 saturated heterocycles. The van der Waals surface area contributed by atoms with Gasteiger partial charge in [0.2, 0.25) is 0 Å². The summed E-state index contributed by atoms with van der Waals surface area (Å²) in [5.41, 5.74) is 11.3. The Morgan fingerprint density at radius 3 is 2.29 bits per heavy atom. The molecule has 17 heavy (non-hydrogen) atoms. The molecule has 0 spiro atoms. The third-order valence-corrected chi connectivity index (χ3v) is 4.28. The molecular weight excluding hydrogens is 214 g/mol. The number of primary amides is 1. The van der Waals surface area contributed by atoms with Crippen LogP contribution in [0.3, 0.4) is 0 Å². The summed E-state index contributed by atoms with van der Waals surface area (Å²) in [7, 11) is 0. The van der Waals surface area contributed by atoms with Gasteiger partial charge in [-0.1, -0.05) is 20.3 Å². The molecule has 1 fully saturated rings. The Morgan fingerprint density at radius 1 is 1.35 bits per heavy atom. The first-order valence-corrected chi connectivity index (χ1v) is 6.86. The van der Waals surface area contributed by atoms with Crippen LogP contribution in [0, 0.1) is 5.92 Å². The van der Waals surface area contributed by atoms with Crippen LogP contribution in [0.25, 0.3) is 0 Å². The fourth-order valence-electron chi connectivity index (χ4n) is 3.01. The molecule has 1 saturated carbocycles. The minimum atomic E-state index is -0.313. The standard InChI is InChI=1S/C13H27N3O/c1-3-9-16(12(15)17)13(10-14)7-5-11(4-2)6-8-13/h11H,3-10,14H2,1-2H3,(H2,15,17). The lowest BCUT2D eigenvalue weighted by atomic mass is 9.74. The number of carbonyl (C=O) groups is 1. The Bertz CT molecular complexity index is 247. The Balaban J connectivity index is 2.76. The van der Waals surface area contributed by atoms with Gasteiger partial charge in [0.15, 0.2) is 0 Å². The van der Waals surface area contributed by atoms with Crippen LogP contribution in [-0.4, -0.2) is 29.6 Å². The molecule has 4 N–H and O–H groups in total. The number of amides is 2. The van der Waals surface area contributed by atoms with Gasteiger partial charge in [-0.15, -0.1) is 0 Å². The van der Waals surface area contributed by atoms with Crippen LogP contribution < -0.4 is 11.5 Å². The highest BCUT2D eigenvalue weighted by molar-refractivity contribution is 5.73. The number of nitrogens with zero attached hydrogens (tertiary/aromatic N) is 1. The van der Waals surface area contributed by atoms with Crippen LogP contribution in [-0.2, 0) is 0 Å². The second-order valence-electron chi connectivity index (χ2n) is 5.27. The van der Waals surface area contributed by atoms with Crippen LogP contribution in [0.5, 0.6) is 0 Å². The van der Waals surface area contributed by atoms with Crippen molar-refractivity contribution < 1.29 is 4.79 Å². The first-order chi connectivity index (χ1) is 8.09. The third-order valence-electron chi connectivity index (χ3n) is 4.28. The van der Waals surface area contributed by atoms with Gasteiger partial charge in [0.1, 0.15) is 0 Å². The second kappa shape index (κ2) is 6.24. The SMILES string of the molecule is CCCN(C(N)=O)C1(CN)CCC(CC)CC1. The summed E-state index contributed by atoms with van der Waals surface area (Å²) in [6.45, 7) is 5.56. The molecule has 2 amide bonds. The van der Waals surface area contributed by atoms with Gasteiger partial charge < -0.3 is 16.4 Å². The van der Waals surface area contributed by atoms with E-state index in [0.717, 1.165) is 31.7 Å². The molecule has 1 rings (SSSR count). The van der Waals surface area contributed by atoms with Gasteiger partial charge in [0.25, 0.3) is 0 Å². The lowest BCUT2D eigenvalue weighted by molar-refractivity contribution is 0.0720.